The van der Waals surface area contributed by atoms with Gasteiger partial charge in [0, 0.05) is 6.42 Å². The van der Waals surface area contributed by atoms with Gasteiger partial charge in [-0.15, -0.1) is 0 Å². The van der Waals surface area contributed by atoms with Crippen LogP contribution in [-0.4, -0.2) is 35.2 Å². The molecule has 0 aliphatic rings. The SMILES string of the molecule is CCCCCCCCCCCCCCCCCC(N)=O.CCN(CC)C(C)O. The second kappa shape index (κ2) is 24.4. The Morgan fingerprint density at radius 1 is 0.714 bits per heavy atom. The molecule has 0 radical (unpaired) electrons. The lowest BCUT2D eigenvalue weighted by atomic mass is 10.0. The molecule has 3 N–H and O–H groups in total. The van der Waals surface area contributed by atoms with Crippen LogP contribution in [0.4, 0.5) is 0 Å². The van der Waals surface area contributed by atoms with Crippen molar-refractivity contribution < 1.29 is 9.90 Å². The van der Waals surface area contributed by atoms with Crippen molar-refractivity contribution in [2.75, 3.05) is 13.1 Å². The monoisotopic (exact) mass is 400 g/mol. The first-order valence-corrected chi connectivity index (χ1v) is 12.2. The zero-order chi connectivity index (χ0) is 21.5. The van der Waals surface area contributed by atoms with Crippen LogP contribution >= 0.6 is 0 Å². The van der Waals surface area contributed by atoms with Gasteiger partial charge >= 0.3 is 0 Å². The van der Waals surface area contributed by atoms with Crippen LogP contribution in [0.15, 0.2) is 0 Å². The molecule has 0 bridgehead atoms. The van der Waals surface area contributed by atoms with E-state index in [-0.39, 0.29) is 12.1 Å². The molecule has 1 amide bonds. The van der Waals surface area contributed by atoms with Gasteiger partial charge in [-0.3, -0.25) is 9.69 Å². The Balaban J connectivity index is 0. The van der Waals surface area contributed by atoms with Crippen molar-refractivity contribution in [3.63, 3.8) is 0 Å². The predicted molar refractivity (Wildman–Crippen MR) is 123 cm³/mol. The van der Waals surface area contributed by atoms with Crippen LogP contribution in [0.25, 0.3) is 0 Å². The Morgan fingerprint density at radius 3 is 1.25 bits per heavy atom. The van der Waals surface area contributed by atoms with Gasteiger partial charge in [0.05, 0.1) is 0 Å². The van der Waals surface area contributed by atoms with Crippen LogP contribution in [0.3, 0.4) is 0 Å². The summed E-state index contributed by atoms with van der Waals surface area (Å²) in [5.74, 6) is -0.153. The number of nitrogens with two attached hydrogens (primary N) is 1. The van der Waals surface area contributed by atoms with Crippen molar-refractivity contribution in [2.24, 2.45) is 5.73 Å². The fraction of sp³-hybridized carbons (Fsp3) is 0.958. The Bertz CT molecular complexity index is 305. The van der Waals surface area contributed by atoms with E-state index in [1.54, 1.807) is 6.92 Å². The summed E-state index contributed by atoms with van der Waals surface area (Å²) < 4.78 is 0. The molecule has 0 fully saturated rings. The number of carbonyl (C=O) groups excluding carboxylic acids is 1. The Hall–Kier alpha value is -0.610. The van der Waals surface area contributed by atoms with Gasteiger partial charge in [-0.05, 0) is 26.4 Å². The number of unbranched alkanes of at least 4 members (excludes halogenated alkanes) is 14. The smallest absolute Gasteiger partial charge is 0.217 e. The van der Waals surface area contributed by atoms with Gasteiger partial charge in [0.15, 0.2) is 0 Å². The molecule has 0 aromatic rings. The van der Waals surface area contributed by atoms with E-state index in [1.165, 1.54) is 89.9 Å². The molecule has 1 unspecified atom stereocenters. The first kappa shape index (κ1) is 29.6. The molecule has 4 heteroatoms. The predicted octanol–water partition coefficient (Wildman–Crippen LogP) is 6.40. The molecule has 0 rings (SSSR count). The second-order valence-corrected chi connectivity index (χ2v) is 8.02. The number of primary amides is 1. The van der Waals surface area contributed by atoms with Crippen LogP contribution in [0.5, 0.6) is 0 Å². The highest BCUT2D eigenvalue weighted by atomic mass is 16.3. The first-order valence-electron chi connectivity index (χ1n) is 12.2. The maximum Gasteiger partial charge on any atom is 0.217 e. The molecule has 0 saturated carbocycles. The van der Waals surface area contributed by atoms with Crippen molar-refractivity contribution in [3.8, 4) is 0 Å². The summed E-state index contributed by atoms with van der Waals surface area (Å²) in [6.45, 7) is 9.99. The van der Waals surface area contributed by atoms with Crippen molar-refractivity contribution in [3.05, 3.63) is 0 Å². The quantitative estimate of drug-likeness (QED) is 0.195. The van der Waals surface area contributed by atoms with Gasteiger partial charge in [-0.1, -0.05) is 111 Å². The number of amides is 1. The van der Waals surface area contributed by atoms with Crippen molar-refractivity contribution in [1.82, 2.24) is 4.90 Å². The van der Waals surface area contributed by atoms with Crippen molar-refractivity contribution in [1.29, 1.82) is 0 Å². The number of nitrogens with zero attached hydrogens (tertiary/aromatic N) is 1. The van der Waals surface area contributed by atoms with E-state index >= 15 is 0 Å². The zero-order valence-corrected chi connectivity index (χ0v) is 19.7. The maximum absolute atomic E-state index is 10.6. The van der Waals surface area contributed by atoms with Crippen LogP contribution in [-0.2, 0) is 4.79 Å². The lowest BCUT2D eigenvalue weighted by Gasteiger charge is -2.20. The zero-order valence-electron chi connectivity index (χ0n) is 19.7. The lowest BCUT2D eigenvalue weighted by molar-refractivity contribution is -0.118. The molecular formula is C24H52N2O2. The largest absolute Gasteiger partial charge is 0.379 e. The minimum atomic E-state index is -0.287. The van der Waals surface area contributed by atoms with E-state index in [1.807, 2.05) is 18.7 Å². The molecule has 0 heterocycles. The third kappa shape index (κ3) is 25.4. The third-order valence-electron chi connectivity index (χ3n) is 5.37. The van der Waals surface area contributed by atoms with Crippen LogP contribution in [0, 0.1) is 0 Å². The summed E-state index contributed by atoms with van der Waals surface area (Å²) in [4.78, 5) is 12.5. The van der Waals surface area contributed by atoms with Gasteiger partial charge in [0.25, 0.3) is 0 Å². The summed E-state index contributed by atoms with van der Waals surface area (Å²) in [6, 6.07) is 0. The topological polar surface area (TPSA) is 66.6 Å². The molecule has 28 heavy (non-hydrogen) atoms. The molecule has 0 saturated heterocycles. The van der Waals surface area contributed by atoms with E-state index in [0.717, 1.165) is 19.5 Å². The van der Waals surface area contributed by atoms with Crippen molar-refractivity contribution >= 4 is 5.91 Å². The van der Waals surface area contributed by atoms with Crippen LogP contribution in [0.1, 0.15) is 130 Å². The Kier molecular flexibility index (Phi) is 25.8. The standard InChI is InChI=1S/C18H37NO.C6H15NO/c1-2-3-4-5-6-7-8-9-10-11-12-13-14-15-16-17-18(19)20;1-4-7(5-2)6(3)8/h2-17H2,1H3,(H2,19,20);6,8H,4-5H2,1-3H3. The minimum absolute atomic E-state index is 0.153. The van der Waals surface area contributed by atoms with E-state index in [2.05, 4.69) is 6.92 Å². The number of rotatable bonds is 19. The van der Waals surface area contributed by atoms with E-state index in [0.29, 0.717) is 6.42 Å². The molecular weight excluding hydrogens is 348 g/mol. The van der Waals surface area contributed by atoms with E-state index < -0.39 is 0 Å². The maximum atomic E-state index is 10.6. The first-order chi connectivity index (χ1) is 13.5. The number of carbonyl (C=O) groups is 1. The number of aliphatic hydroxyl groups is 1. The average molecular weight is 401 g/mol. The van der Waals surface area contributed by atoms with Gasteiger partial charge in [-0.25, -0.2) is 0 Å². The summed E-state index contributed by atoms with van der Waals surface area (Å²) in [5.41, 5.74) is 5.11. The average Bonchev–Trinajstić information content (AvgIpc) is 2.66. The summed E-state index contributed by atoms with van der Waals surface area (Å²) in [5, 5.41) is 8.94. The van der Waals surface area contributed by atoms with Gasteiger partial charge < -0.3 is 10.8 Å². The highest BCUT2D eigenvalue weighted by Crippen LogP contribution is 2.13. The summed E-state index contributed by atoms with van der Waals surface area (Å²) >= 11 is 0. The van der Waals surface area contributed by atoms with Gasteiger partial charge in [-0.2, -0.15) is 0 Å². The van der Waals surface area contributed by atoms with Crippen molar-refractivity contribution in [2.45, 2.75) is 137 Å². The number of hydrogen-bond acceptors (Lipinski definition) is 3. The van der Waals surface area contributed by atoms with Gasteiger partial charge in [0.2, 0.25) is 5.91 Å². The van der Waals surface area contributed by atoms with Crippen LogP contribution in [0.2, 0.25) is 0 Å². The molecule has 1 atom stereocenters. The molecule has 0 aromatic heterocycles. The Morgan fingerprint density at radius 2 is 1.04 bits per heavy atom. The molecule has 0 aliphatic heterocycles. The fourth-order valence-corrected chi connectivity index (χ4v) is 3.42. The number of hydrogen-bond donors (Lipinski definition) is 2. The summed E-state index contributed by atoms with van der Waals surface area (Å²) in [7, 11) is 0. The highest BCUT2D eigenvalue weighted by Gasteiger charge is 2.02. The van der Waals surface area contributed by atoms with Crippen LogP contribution < -0.4 is 5.73 Å². The second-order valence-electron chi connectivity index (χ2n) is 8.02. The number of aliphatic hydroxyl groups excluding tert-OH is 1. The lowest BCUT2D eigenvalue weighted by Crippen LogP contribution is -2.32. The normalized spacial score (nSPS) is 11.9. The fourth-order valence-electron chi connectivity index (χ4n) is 3.42. The van der Waals surface area contributed by atoms with Gasteiger partial charge in [0.1, 0.15) is 6.23 Å². The molecule has 0 aromatic carbocycles. The molecule has 170 valence electrons. The molecule has 4 nitrogen and oxygen atoms in total. The Labute approximate surface area is 176 Å². The molecule has 0 aliphatic carbocycles. The van der Waals surface area contributed by atoms with E-state index in [9.17, 15) is 4.79 Å². The summed E-state index contributed by atoms with van der Waals surface area (Å²) in [6.07, 6.45) is 20.6. The molecule has 0 spiro atoms. The minimum Gasteiger partial charge on any atom is -0.379 e. The highest BCUT2D eigenvalue weighted by molar-refractivity contribution is 5.73. The van der Waals surface area contributed by atoms with E-state index in [4.69, 9.17) is 10.8 Å². The third-order valence-corrected chi connectivity index (χ3v) is 5.37.